The average molecular weight is 480 g/mol. The fourth-order valence-electron chi connectivity index (χ4n) is 4.73. The van der Waals surface area contributed by atoms with Gasteiger partial charge in [0.25, 0.3) is 0 Å². The van der Waals surface area contributed by atoms with Crippen LogP contribution in [-0.2, 0) is 6.42 Å². The van der Waals surface area contributed by atoms with Gasteiger partial charge in [-0.05, 0) is 66.6 Å². The Hall–Kier alpha value is -2.23. The molecule has 4 rings (SSSR count). The number of halogens is 5. The number of hydrogen-bond acceptors (Lipinski definition) is 2. The number of nitrogens with zero attached hydrogens (tertiary/aromatic N) is 3. The van der Waals surface area contributed by atoms with E-state index in [0.29, 0.717) is 41.7 Å². The minimum atomic E-state index is -2.60. The highest BCUT2D eigenvalue weighted by Gasteiger charge is 2.41. The number of aliphatic imine (C=N–C) groups is 1. The van der Waals surface area contributed by atoms with Crippen molar-refractivity contribution < 1.29 is 13.2 Å². The van der Waals surface area contributed by atoms with E-state index in [9.17, 15) is 18.4 Å². The molecule has 2 aromatic rings. The highest BCUT2D eigenvalue weighted by atomic mass is 35.5. The van der Waals surface area contributed by atoms with Crippen LogP contribution in [0.4, 0.5) is 13.2 Å². The number of amidine groups is 1. The Bertz CT molecular complexity index is 1030. The van der Waals surface area contributed by atoms with E-state index in [0.717, 1.165) is 23.1 Å². The second-order valence-corrected chi connectivity index (χ2v) is 9.28. The molecule has 8 heteroatoms. The van der Waals surface area contributed by atoms with Gasteiger partial charge in [-0.3, -0.25) is 0 Å². The van der Waals surface area contributed by atoms with E-state index in [1.54, 1.807) is 24.3 Å². The predicted octanol–water partition coefficient (Wildman–Crippen LogP) is 7.12. The van der Waals surface area contributed by atoms with Gasteiger partial charge in [-0.2, -0.15) is 10.3 Å². The minimum absolute atomic E-state index is 0.0291. The molecule has 0 N–H and O–H groups in total. The molecule has 1 aliphatic heterocycles. The molecule has 1 aliphatic carbocycles. The number of nitriles is 1. The molecular weight excluding hydrogens is 458 g/mol. The minimum Gasteiger partial charge on any atom is -0.356 e. The van der Waals surface area contributed by atoms with Crippen LogP contribution in [0.2, 0.25) is 10.0 Å². The summed E-state index contributed by atoms with van der Waals surface area (Å²) in [5.41, 5.74) is 2.34. The lowest BCUT2D eigenvalue weighted by atomic mass is 9.91. The van der Waals surface area contributed by atoms with Crippen LogP contribution in [0.3, 0.4) is 0 Å². The molecule has 1 saturated carbocycles. The monoisotopic (exact) mass is 479 g/mol. The molecule has 2 aromatic carbocycles. The van der Waals surface area contributed by atoms with Gasteiger partial charge in [0.1, 0.15) is 11.7 Å². The first-order valence-electron chi connectivity index (χ1n) is 10.6. The van der Waals surface area contributed by atoms with E-state index in [-0.39, 0.29) is 30.6 Å². The summed E-state index contributed by atoms with van der Waals surface area (Å²) in [6.07, 6.45) is 3.63. The third kappa shape index (κ3) is 4.89. The fourth-order valence-corrected chi connectivity index (χ4v) is 5.37. The van der Waals surface area contributed by atoms with Crippen LogP contribution in [0.25, 0.3) is 11.1 Å². The largest absolute Gasteiger partial charge is 0.356 e. The second kappa shape index (κ2) is 9.33. The molecule has 0 aromatic heterocycles. The smallest absolute Gasteiger partial charge is 0.248 e. The molecule has 1 saturated heterocycles. The molecular formula is C24H22Cl2F3N3. The third-order valence-corrected chi connectivity index (χ3v) is 7.11. The van der Waals surface area contributed by atoms with Crippen molar-refractivity contribution in [3.63, 3.8) is 0 Å². The Morgan fingerprint density at radius 3 is 2.25 bits per heavy atom. The van der Waals surface area contributed by atoms with Crippen molar-refractivity contribution in [1.29, 1.82) is 5.26 Å². The third-order valence-electron chi connectivity index (χ3n) is 6.44. The molecule has 0 amide bonds. The van der Waals surface area contributed by atoms with Crippen molar-refractivity contribution in [2.75, 3.05) is 6.54 Å². The maximum absolute atomic E-state index is 13.6. The van der Waals surface area contributed by atoms with Crippen LogP contribution < -0.4 is 0 Å². The SMILES string of the molecule is N#C/N=C1/C(Cc2c(Cl)cc(-c3ccc(F)cc3)cc2Cl)CCN1C1CCC(F)(F)CC1. The van der Waals surface area contributed by atoms with E-state index in [1.807, 2.05) is 11.1 Å². The molecule has 1 atom stereocenters. The lowest BCUT2D eigenvalue weighted by molar-refractivity contribution is -0.0470. The highest BCUT2D eigenvalue weighted by Crippen LogP contribution is 2.39. The Labute approximate surface area is 195 Å². The molecule has 2 aliphatic rings. The van der Waals surface area contributed by atoms with Crippen molar-refractivity contribution in [3.8, 4) is 17.3 Å². The van der Waals surface area contributed by atoms with E-state index < -0.39 is 5.92 Å². The first kappa shape index (κ1) is 22.9. The summed E-state index contributed by atoms with van der Waals surface area (Å²) in [7, 11) is 0. The molecule has 1 heterocycles. The lowest BCUT2D eigenvalue weighted by Gasteiger charge is -2.36. The average Bonchev–Trinajstić information content (AvgIpc) is 3.14. The van der Waals surface area contributed by atoms with Crippen LogP contribution in [0.5, 0.6) is 0 Å². The van der Waals surface area contributed by atoms with Crippen molar-refractivity contribution in [1.82, 2.24) is 4.90 Å². The molecule has 2 fully saturated rings. The topological polar surface area (TPSA) is 39.4 Å². The van der Waals surface area contributed by atoms with Crippen LogP contribution in [0, 0.1) is 23.2 Å². The summed E-state index contributed by atoms with van der Waals surface area (Å²) in [6.45, 7) is 0.671. The summed E-state index contributed by atoms with van der Waals surface area (Å²) in [5, 5.41) is 10.2. The first-order valence-corrected chi connectivity index (χ1v) is 11.4. The molecule has 32 heavy (non-hydrogen) atoms. The summed E-state index contributed by atoms with van der Waals surface area (Å²) in [4.78, 5) is 6.09. The van der Waals surface area contributed by atoms with Crippen molar-refractivity contribution >= 4 is 29.0 Å². The molecule has 168 valence electrons. The van der Waals surface area contributed by atoms with Gasteiger partial charge in [-0.25, -0.2) is 13.2 Å². The molecule has 1 unspecified atom stereocenters. The van der Waals surface area contributed by atoms with E-state index in [2.05, 4.69) is 4.99 Å². The van der Waals surface area contributed by atoms with Gasteiger partial charge in [0.05, 0.1) is 0 Å². The summed E-state index contributed by atoms with van der Waals surface area (Å²) < 4.78 is 40.4. The summed E-state index contributed by atoms with van der Waals surface area (Å²) in [5.74, 6) is -2.35. The zero-order chi connectivity index (χ0) is 22.9. The standard InChI is InChI=1S/C24H22Cl2F3N3/c25-21-12-17(15-1-3-18(27)4-2-15)13-22(26)20(21)11-16-7-10-32(23(16)31-14-30)19-5-8-24(28,29)9-6-19/h1-4,12-13,16,19H,5-11H2/b31-23-. The predicted molar refractivity (Wildman–Crippen MR) is 121 cm³/mol. The quantitative estimate of drug-likeness (QED) is 0.437. The lowest BCUT2D eigenvalue weighted by Crippen LogP contribution is -2.42. The van der Waals surface area contributed by atoms with Crippen LogP contribution in [-0.4, -0.2) is 29.2 Å². The van der Waals surface area contributed by atoms with Crippen molar-refractivity contribution in [2.24, 2.45) is 10.9 Å². The zero-order valence-electron chi connectivity index (χ0n) is 17.3. The summed E-state index contributed by atoms with van der Waals surface area (Å²) >= 11 is 13.2. The van der Waals surface area contributed by atoms with E-state index in [1.165, 1.54) is 12.1 Å². The van der Waals surface area contributed by atoms with Gasteiger partial charge < -0.3 is 4.90 Å². The van der Waals surface area contributed by atoms with E-state index in [4.69, 9.17) is 23.2 Å². The number of rotatable bonds is 4. The van der Waals surface area contributed by atoms with Gasteiger partial charge >= 0.3 is 0 Å². The van der Waals surface area contributed by atoms with Crippen LogP contribution in [0.15, 0.2) is 41.4 Å². The van der Waals surface area contributed by atoms with Gasteiger partial charge in [0.15, 0.2) is 0 Å². The Morgan fingerprint density at radius 2 is 1.66 bits per heavy atom. The second-order valence-electron chi connectivity index (χ2n) is 8.47. The Morgan fingerprint density at radius 1 is 1.03 bits per heavy atom. The van der Waals surface area contributed by atoms with Crippen LogP contribution in [0.1, 0.15) is 37.7 Å². The molecule has 0 spiro atoms. The van der Waals surface area contributed by atoms with Gasteiger partial charge in [0.2, 0.25) is 12.1 Å². The number of hydrogen-bond donors (Lipinski definition) is 0. The number of likely N-dealkylation sites (tertiary alicyclic amines) is 1. The molecule has 0 radical (unpaired) electrons. The fraction of sp³-hybridized carbons (Fsp3) is 0.417. The molecule has 0 bridgehead atoms. The van der Waals surface area contributed by atoms with Gasteiger partial charge in [0, 0.05) is 41.4 Å². The van der Waals surface area contributed by atoms with Crippen molar-refractivity contribution in [2.45, 2.75) is 50.5 Å². The van der Waals surface area contributed by atoms with Gasteiger partial charge in [-0.1, -0.05) is 35.3 Å². The van der Waals surface area contributed by atoms with Gasteiger partial charge in [-0.15, -0.1) is 0 Å². The van der Waals surface area contributed by atoms with Crippen LogP contribution >= 0.6 is 23.2 Å². The number of benzene rings is 2. The Kier molecular flexibility index (Phi) is 6.69. The maximum atomic E-state index is 13.6. The Balaban J connectivity index is 1.54. The normalized spacial score (nSPS) is 22.3. The number of alkyl halides is 2. The maximum Gasteiger partial charge on any atom is 0.248 e. The first-order chi connectivity index (χ1) is 15.3. The molecule has 3 nitrogen and oxygen atoms in total. The van der Waals surface area contributed by atoms with Crippen molar-refractivity contribution in [3.05, 3.63) is 57.8 Å². The van der Waals surface area contributed by atoms with E-state index >= 15 is 0 Å². The highest BCUT2D eigenvalue weighted by molar-refractivity contribution is 6.36. The summed E-state index contributed by atoms with van der Waals surface area (Å²) in [6, 6.07) is 9.65. The zero-order valence-corrected chi connectivity index (χ0v) is 18.8.